The molecule has 0 spiro atoms. The van der Waals surface area contributed by atoms with Gasteiger partial charge < -0.3 is 15.5 Å². The van der Waals surface area contributed by atoms with Crippen LogP contribution < -0.4 is 15.5 Å². The summed E-state index contributed by atoms with van der Waals surface area (Å²) in [6.07, 6.45) is 0. The largest absolute Gasteiger partial charge is 0.376 e. The van der Waals surface area contributed by atoms with Gasteiger partial charge in [-0.3, -0.25) is 4.79 Å². The van der Waals surface area contributed by atoms with Gasteiger partial charge in [0.05, 0.1) is 6.54 Å². The molecule has 24 heavy (non-hydrogen) atoms. The number of rotatable bonds is 7. The van der Waals surface area contributed by atoms with E-state index in [4.69, 9.17) is 23.2 Å². The highest BCUT2D eigenvalue weighted by molar-refractivity contribution is 6.35. The fourth-order valence-electron chi connectivity index (χ4n) is 2.39. The number of hydrogen-bond donors (Lipinski definition) is 2. The van der Waals surface area contributed by atoms with E-state index in [9.17, 15) is 4.79 Å². The molecule has 0 atom stereocenters. The summed E-state index contributed by atoms with van der Waals surface area (Å²) in [6, 6.07) is 12.9. The summed E-state index contributed by atoms with van der Waals surface area (Å²) in [6.45, 7) is 6.27. The predicted molar refractivity (Wildman–Crippen MR) is 104 cm³/mol. The van der Waals surface area contributed by atoms with E-state index in [1.807, 2.05) is 24.3 Å². The number of hydrogen-bond acceptors (Lipinski definition) is 3. The summed E-state index contributed by atoms with van der Waals surface area (Å²) in [4.78, 5) is 14.3. The van der Waals surface area contributed by atoms with Gasteiger partial charge in [0.15, 0.2) is 0 Å². The van der Waals surface area contributed by atoms with E-state index < -0.39 is 0 Å². The number of benzene rings is 2. The lowest BCUT2D eigenvalue weighted by Gasteiger charge is -2.21. The highest BCUT2D eigenvalue weighted by Gasteiger charge is 2.05. The summed E-state index contributed by atoms with van der Waals surface area (Å²) in [5.41, 5.74) is 2.62. The Hall–Kier alpha value is -1.91. The first-order chi connectivity index (χ1) is 11.5. The van der Waals surface area contributed by atoms with Crippen LogP contribution in [0.4, 0.5) is 17.1 Å². The van der Waals surface area contributed by atoms with Gasteiger partial charge in [0.1, 0.15) is 0 Å². The molecule has 2 aromatic rings. The lowest BCUT2D eigenvalue weighted by Crippen LogP contribution is -2.23. The van der Waals surface area contributed by atoms with Crippen molar-refractivity contribution in [3.63, 3.8) is 0 Å². The summed E-state index contributed by atoms with van der Waals surface area (Å²) in [5.74, 6) is -0.137. The standard InChI is InChI=1S/C18H21Cl2N3O/c1-3-23(4-2)17-7-5-15(6-8-17)22-18(24)12-21-16-10-13(19)9-14(20)11-16/h5-11,21H,3-4,12H2,1-2H3,(H,22,24). The van der Waals surface area contributed by atoms with Crippen molar-refractivity contribution in [1.29, 1.82) is 0 Å². The molecule has 2 aromatic carbocycles. The second-order valence-corrected chi connectivity index (χ2v) is 6.15. The first-order valence-corrected chi connectivity index (χ1v) is 8.62. The summed E-state index contributed by atoms with van der Waals surface area (Å²) >= 11 is 11.9. The average molecular weight is 366 g/mol. The Labute approximate surface area is 152 Å². The van der Waals surface area contributed by atoms with Gasteiger partial charge in [-0.1, -0.05) is 23.2 Å². The normalized spacial score (nSPS) is 10.3. The van der Waals surface area contributed by atoms with Gasteiger partial charge >= 0.3 is 0 Å². The van der Waals surface area contributed by atoms with Crippen LogP contribution in [0.25, 0.3) is 0 Å². The van der Waals surface area contributed by atoms with E-state index in [-0.39, 0.29) is 12.5 Å². The number of halogens is 2. The minimum Gasteiger partial charge on any atom is -0.376 e. The molecule has 0 saturated carbocycles. The SMILES string of the molecule is CCN(CC)c1ccc(NC(=O)CNc2cc(Cl)cc(Cl)c2)cc1. The van der Waals surface area contributed by atoms with Crippen molar-refractivity contribution < 1.29 is 4.79 Å². The van der Waals surface area contributed by atoms with E-state index in [0.717, 1.165) is 24.5 Å². The lowest BCUT2D eigenvalue weighted by molar-refractivity contribution is -0.114. The first-order valence-electron chi connectivity index (χ1n) is 7.86. The van der Waals surface area contributed by atoms with Crippen LogP contribution >= 0.6 is 23.2 Å². The Balaban J connectivity index is 1.90. The van der Waals surface area contributed by atoms with Crippen molar-refractivity contribution in [1.82, 2.24) is 0 Å². The average Bonchev–Trinajstić information content (AvgIpc) is 2.55. The third kappa shape index (κ3) is 5.32. The minimum atomic E-state index is -0.137. The molecule has 0 aliphatic rings. The number of anilines is 3. The molecule has 0 aliphatic heterocycles. The van der Waals surface area contributed by atoms with Crippen LogP contribution in [0, 0.1) is 0 Å². The molecule has 0 heterocycles. The van der Waals surface area contributed by atoms with Crippen LogP contribution in [-0.4, -0.2) is 25.5 Å². The van der Waals surface area contributed by atoms with Crippen molar-refractivity contribution in [3.8, 4) is 0 Å². The Morgan fingerprint density at radius 3 is 2.08 bits per heavy atom. The molecule has 128 valence electrons. The molecule has 0 aromatic heterocycles. The Kier molecular flexibility index (Phi) is 6.76. The number of nitrogens with one attached hydrogen (secondary N) is 2. The molecule has 0 radical (unpaired) electrons. The Morgan fingerprint density at radius 2 is 1.54 bits per heavy atom. The van der Waals surface area contributed by atoms with E-state index >= 15 is 0 Å². The molecule has 6 heteroatoms. The van der Waals surface area contributed by atoms with Crippen molar-refractivity contribution in [2.24, 2.45) is 0 Å². The molecule has 0 saturated heterocycles. The van der Waals surface area contributed by atoms with E-state index in [0.29, 0.717) is 15.7 Å². The van der Waals surface area contributed by atoms with Crippen molar-refractivity contribution in [2.75, 3.05) is 35.2 Å². The predicted octanol–water partition coefficient (Wildman–Crippen LogP) is 4.89. The van der Waals surface area contributed by atoms with Crippen molar-refractivity contribution >= 4 is 46.2 Å². The minimum absolute atomic E-state index is 0.133. The summed E-state index contributed by atoms with van der Waals surface area (Å²) in [7, 11) is 0. The number of nitrogens with zero attached hydrogens (tertiary/aromatic N) is 1. The molecule has 0 bridgehead atoms. The number of amides is 1. The number of carbonyl (C=O) groups excluding carboxylic acids is 1. The fraction of sp³-hybridized carbons (Fsp3) is 0.278. The molecule has 2 rings (SSSR count). The second-order valence-electron chi connectivity index (χ2n) is 5.28. The molecule has 0 unspecified atom stereocenters. The second kappa shape index (κ2) is 8.81. The molecule has 1 amide bonds. The van der Waals surface area contributed by atoms with Crippen LogP contribution in [0.3, 0.4) is 0 Å². The van der Waals surface area contributed by atoms with Crippen molar-refractivity contribution in [3.05, 3.63) is 52.5 Å². The quantitative estimate of drug-likeness (QED) is 0.733. The Morgan fingerprint density at radius 1 is 0.958 bits per heavy atom. The molecule has 0 fully saturated rings. The van der Waals surface area contributed by atoms with Gasteiger partial charge in [-0.2, -0.15) is 0 Å². The first kappa shape index (κ1) is 18.4. The maximum atomic E-state index is 12.0. The van der Waals surface area contributed by atoms with E-state index in [1.54, 1.807) is 18.2 Å². The number of carbonyl (C=O) groups is 1. The van der Waals surface area contributed by atoms with Crippen LogP contribution in [0.1, 0.15) is 13.8 Å². The van der Waals surface area contributed by atoms with Crippen LogP contribution in [0.15, 0.2) is 42.5 Å². The zero-order valence-corrected chi connectivity index (χ0v) is 15.3. The van der Waals surface area contributed by atoms with Gasteiger partial charge in [0.2, 0.25) is 5.91 Å². The van der Waals surface area contributed by atoms with Gasteiger partial charge in [0.25, 0.3) is 0 Å². The highest BCUT2D eigenvalue weighted by Crippen LogP contribution is 2.22. The summed E-state index contributed by atoms with van der Waals surface area (Å²) in [5, 5.41) is 6.91. The topological polar surface area (TPSA) is 44.4 Å². The molecule has 2 N–H and O–H groups in total. The van der Waals surface area contributed by atoms with Crippen LogP contribution in [0.2, 0.25) is 10.0 Å². The molecular formula is C18H21Cl2N3O. The molecule has 0 aliphatic carbocycles. The van der Waals surface area contributed by atoms with Gasteiger partial charge in [-0.05, 0) is 56.3 Å². The third-order valence-corrected chi connectivity index (χ3v) is 4.03. The lowest BCUT2D eigenvalue weighted by atomic mass is 10.2. The van der Waals surface area contributed by atoms with Gasteiger partial charge in [0, 0.05) is 40.2 Å². The Bertz CT molecular complexity index is 665. The monoisotopic (exact) mass is 365 g/mol. The summed E-state index contributed by atoms with van der Waals surface area (Å²) < 4.78 is 0. The third-order valence-electron chi connectivity index (χ3n) is 3.60. The van der Waals surface area contributed by atoms with E-state index in [2.05, 4.69) is 29.4 Å². The molecule has 4 nitrogen and oxygen atoms in total. The van der Waals surface area contributed by atoms with Crippen LogP contribution in [0.5, 0.6) is 0 Å². The van der Waals surface area contributed by atoms with Gasteiger partial charge in [-0.25, -0.2) is 0 Å². The van der Waals surface area contributed by atoms with E-state index in [1.165, 1.54) is 0 Å². The fourth-order valence-corrected chi connectivity index (χ4v) is 2.91. The van der Waals surface area contributed by atoms with Gasteiger partial charge in [-0.15, -0.1) is 0 Å². The highest BCUT2D eigenvalue weighted by atomic mass is 35.5. The van der Waals surface area contributed by atoms with Crippen molar-refractivity contribution in [2.45, 2.75) is 13.8 Å². The zero-order valence-electron chi connectivity index (χ0n) is 13.8. The smallest absolute Gasteiger partial charge is 0.243 e. The van der Waals surface area contributed by atoms with Crippen LogP contribution in [-0.2, 0) is 4.79 Å². The maximum absolute atomic E-state index is 12.0. The molecular weight excluding hydrogens is 345 g/mol. The maximum Gasteiger partial charge on any atom is 0.243 e. The zero-order chi connectivity index (χ0) is 17.5.